The molecule has 0 saturated carbocycles. The van der Waals surface area contributed by atoms with Crippen LogP contribution in [0.1, 0.15) is 49.0 Å². The molecule has 0 aliphatic carbocycles. The van der Waals surface area contributed by atoms with Crippen molar-refractivity contribution in [3.05, 3.63) is 35.9 Å². The fraction of sp³-hybridized carbons (Fsp3) is 0.474. The van der Waals surface area contributed by atoms with Crippen LogP contribution in [0.5, 0.6) is 11.5 Å². The van der Waals surface area contributed by atoms with Crippen molar-refractivity contribution in [2.45, 2.75) is 45.1 Å². The lowest BCUT2D eigenvalue weighted by Crippen LogP contribution is -2.49. The van der Waals surface area contributed by atoms with Crippen molar-refractivity contribution in [2.75, 3.05) is 14.2 Å². The highest BCUT2D eigenvalue weighted by atomic mass is 16.5. The number of benzene rings is 1. The van der Waals surface area contributed by atoms with Crippen LogP contribution in [0, 0.1) is 0 Å². The summed E-state index contributed by atoms with van der Waals surface area (Å²) in [4.78, 5) is 23.9. The number of carboxylic acid groups (broad SMARTS) is 1. The van der Waals surface area contributed by atoms with Gasteiger partial charge in [0.1, 0.15) is 0 Å². The number of hydrogen-bond donors (Lipinski definition) is 2. The van der Waals surface area contributed by atoms with Crippen molar-refractivity contribution in [2.24, 2.45) is 0 Å². The number of allylic oxidation sites excluding steroid dienone is 1. The minimum atomic E-state index is -0.941. The summed E-state index contributed by atoms with van der Waals surface area (Å²) in [7, 11) is 3.04. The van der Waals surface area contributed by atoms with Gasteiger partial charge in [-0.25, -0.2) is 0 Å². The van der Waals surface area contributed by atoms with Crippen LogP contribution in [-0.4, -0.2) is 36.7 Å². The number of carbonyl (C=O) groups is 2. The van der Waals surface area contributed by atoms with Gasteiger partial charge in [0, 0.05) is 11.1 Å². The minimum absolute atomic E-state index is 0.126. The quantitative estimate of drug-likeness (QED) is 0.634. The number of rotatable bonds is 10. The van der Waals surface area contributed by atoms with Gasteiger partial charge < -0.3 is 19.9 Å². The number of carboxylic acids is 1. The number of carbonyl (C=O) groups excluding carboxylic acids is 1. The summed E-state index contributed by atoms with van der Waals surface area (Å²) in [5, 5.41) is 12.1. The summed E-state index contributed by atoms with van der Waals surface area (Å²) in [6, 6.07) is 3.31. The molecular weight excluding hydrogens is 322 g/mol. The van der Waals surface area contributed by atoms with Gasteiger partial charge in [-0.05, 0) is 31.4 Å². The fourth-order valence-corrected chi connectivity index (χ4v) is 2.80. The molecule has 0 aromatic heterocycles. The molecule has 6 heteroatoms. The lowest BCUT2D eigenvalue weighted by Gasteiger charge is -2.31. The molecule has 1 aromatic carbocycles. The van der Waals surface area contributed by atoms with E-state index in [-0.39, 0.29) is 12.3 Å². The highest BCUT2D eigenvalue weighted by Crippen LogP contribution is 2.33. The van der Waals surface area contributed by atoms with Crippen molar-refractivity contribution >= 4 is 11.9 Å². The summed E-state index contributed by atoms with van der Waals surface area (Å²) in [6.07, 6.45) is 3.15. The van der Waals surface area contributed by atoms with Crippen molar-refractivity contribution in [3.63, 3.8) is 0 Å². The largest absolute Gasteiger partial charge is 0.493 e. The Kier molecular flexibility index (Phi) is 7.48. The molecule has 1 rings (SSSR count). The average Bonchev–Trinajstić information content (AvgIpc) is 2.59. The number of ether oxygens (including phenoxy) is 2. The van der Waals surface area contributed by atoms with E-state index in [2.05, 4.69) is 11.9 Å². The molecule has 0 aliphatic rings. The number of nitrogens with one attached hydrogen (secondary N) is 1. The topological polar surface area (TPSA) is 84.9 Å². The first-order valence-electron chi connectivity index (χ1n) is 8.26. The SMILES string of the molecule is C=CCc1cc(C(=O)NC(CC)(CC)CC(=O)O)cc(OC)c1OC. The molecule has 138 valence electrons. The van der Waals surface area contributed by atoms with Crippen molar-refractivity contribution in [3.8, 4) is 11.5 Å². The zero-order chi connectivity index (χ0) is 19.0. The zero-order valence-corrected chi connectivity index (χ0v) is 15.3. The third-order valence-corrected chi connectivity index (χ3v) is 4.40. The van der Waals surface area contributed by atoms with Gasteiger partial charge >= 0.3 is 5.97 Å². The molecule has 0 radical (unpaired) electrons. The lowest BCUT2D eigenvalue weighted by atomic mass is 9.88. The van der Waals surface area contributed by atoms with E-state index in [0.29, 0.717) is 36.3 Å². The van der Waals surface area contributed by atoms with Gasteiger partial charge in [-0.3, -0.25) is 9.59 Å². The zero-order valence-electron chi connectivity index (χ0n) is 15.3. The molecule has 0 atom stereocenters. The molecule has 1 amide bonds. The monoisotopic (exact) mass is 349 g/mol. The van der Waals surface area contributed by atoms with Crippen LogP contribution >= 0.6 is 0 Å². The Labute approximate surface area is 148 Å². The van der Waals surface area contributed by atoms with E-state index < -0.39 is 11.5 Å². The van der Waals surface area contributed by atoms with E-state index in [0.717, 1.165) is 5.56 Å². The third-order valence-electron chi connectivity index (χ3n) is 4.40. The molecule has 0 aliphatic heterocycles. The summed E-state index contributed by atoms with van der Waals surface area (Å²) in [5.41, 5.74) is 0.388. The van der Waals surface area contributed by atoms with Gasteiger partial charge in [0.05, 0.1) is 26.2 Å². The van der Waals surface area contributed by atoms with E-state index in [1.54, 1.807) is 18.2 Å². The molecule has 0 heterocycles. The second-order valence-corrected chi connectivity index (χ2v) is 5.88. The van der Waals surface area contributed by atoms with Crippen LogP contribution in [0.2, 0.25) is 0 Å². The first-order chi connectivity index (χ1) is 11.9. The van der Waals surface area contributed by atoms with Crippen LogP contribution in [0.3, 0.4) is 0 Å². The van der Waals surface area contributed by atoms with Crippen LogP contribution in [0.15, 0.2) is 24.8 Å². The first-order valence-corrected chi connectivity index (χ1v) is 8.26. The Bertz CT molecular complexity index is 635. The Morgan fingerprint density at radius 2 is 1.88 bits per heavy atom. The average molecular weight is 349 g/mol. The number of hydrogen-bond acceptors (Lipinski definition) is 4. The van der Waals surface area contributed by atoms with E-state index >= 15 is 0 Å². The van der Waals surface area contributed by atoms with Gasteiger partial charge in [-0.2, -0.15) is 0 Å². The maximum Gasteiger partial charge on any atom is 0.305 e. The predicted molar refractivity (Wildman–Crippen MR) is 96.5 cm³/mol. The van der Waals surface area contributed by atoms with Crippen LogP contribution in [0.25, 0.3) is 0 Å². The number of methoxy groups -OCH3 is 2. The van der Waals surface area contributed by atoms with Gasteiger partial charge in [-0.1, -0.05) is 19.9 Å². The standard InChI is InChI=1S/C19H27NO5/c1-6-9-13-10-14(11-15(24-4)17(13)25-5)18(23)20-19(7-2,8-3)12-16(21)22/h6,10-11H,1,7-9,12H2,2-5H3,(H,20,23)(H,21,22). The molecule has 1 aromatic rings. The van der Waals surface area contributed by atoms with Gasteiger partial charge in [0.25, 0.3) is 5.91 Å². The Hall–Kier alpha value is -2.50. The molecule has 2 N–H and O–H groups in total. The molecular formula is C19H27NO5. The molecule has 0 bridgehead atoms. The highest BCUT2D eigenvalue weighted by molar-refractivity contribution is 5.96. The summed E-state index contributed by atoms with van der Waals surface area (Å²) in [6.45, 7) is 7.45. The molecule has 0 spiro atoms. The number of amides is 1. The second kappa shape index (κ2) is 9.11. The van der Waals surface area contributed by atoms with Crippen molar-refractivity contribution < 1.29 is 24.2 Å². The van der Waals surface area contributed by atoms with E-state index in [1.165, 1.54) is 14.2 Å². The maximum absolute atomic E-state index is 12.8. The summed E-state index contributed by atoms with van der Waals surface area (Å²) >= 11 is 0. The van der Waals surface area contributed by atoms with Gasteiger partial charge in [0.2, 0.25) is 0 Å². The van der Waals surface area contributed by atoms with Crippen LogP contribution in [0.4, 0.5) is 0 Å². The predicted octanol–water partition coefficient (Wildman–Crippen LogP) is 3.20. The second-order valence-electron chi connectivity index (χ2n) is 5.88. The Morgan fingerprint density at radius 3 is 2.32 bits per heavy atom. The van der Waals surface area contributed by atoms with E-state index in [9.17, 15) is 9.59 Å². The molecule has 25 heavy (non-hydrogen) atoms. The number of aliphatic carboxylic acids is 1. The van der Waals surface area contributed by atoms with E-state index in [1.807, 2.05) is 13.8 Å². The molecule has 0 unspecified atom stereocenters. The van der Waals surface area contributed by atoms with Gasteiger partial charge in [0.15, 0.2) is 11.5 Å². The Morgan fingerprint density at radius 1 is 1.24 bits per heavy atom. The molecule has 0 saturated heterocycles. The van der Waals surface area contributed by atoms with Crippen LogP contribution in [-0.2, 0) is 11.2 Å². The summed E-state index contributed by atoms with van der Waals surface area (Å²) in [5.74, 6) is -0.273. The summed E-state index contributed by atoms with van der Waals surface area (Å²) < 4.78 is 10.7. The fourth-order valence-electron chi connectivity index (χ4n) is 2.80. The minimum Gasteiger partial charge on any atom is -0.493 e. The lowest BCUT2D eigenvalue weighted by molar-refractivity contribution is -0.138. The first kappa shape index (κ1) is 20.5. The van der Waals surface area contributed by atoms with Crippen molar-refractivity contribution in [1.82, 2.24) is 5.32 Å². The van der Waals surface area contributed by atoms with Crippen LogP contribution < -0.4 is 14.8 Å². The van der Waals surface area contributed by atoms with Gasteiger partial charge in [-0.15, -0.1) is 6.58 Å². The molecule has 6 nitrogen and oxygen atoms in total. The molecule has 0 fully saturated rings. The maximum atomic E-state index is 12.8. The normalized spacial score (nSPS) is 10.9. The third kappa shape index (κ3) is 4.98. The Balaban J connectivity index is 3.25. The van der Waals surface area contributed by atoms with Crippen molar-refractivity contribution in [1.29, 1.82) is 0 Å². The smallest absolute Gasteiger partial charge is 0.305 e. The highest BCUT2D eigenvalue weighted by Gasteiger charge is 2.31. The van der Waals surface area contributed by atoms with E-state index in [4.69, 9.17) is 14.6 Å².